The summed E-state index contributed by atoms with van der Waals surface area (Å²) in [6.45, 7) is -0.0469. The van der Waals surface area contributed by atoms with Crippen molar-refractivity contribution >= 4 is 17.6 Å². The van der Waals surface area contributed by atoms with Crippen molar-refractivity contribution in [3.63, 3.8) is 0 Å². The summed E-state index contributed by atoms with van der Waals surface area (Å²) in [6, 6.07) is 17.4. The number of halogens is 1. The molecule has 0 saturated carbocycles. The van der Waals surface area contributed by atoms with Gasteiger partial charge in [0.15, 0.2) is 0 Å². The minimum Gasteiger partial charge on any atom is -0.490 e. The van der Waals surface area contributed by atoms with Crippen LogP contribution in [0.15, 0.2) is 76.4 Å². The Bertz CT molecular complexity index is 1070. The standard InChI is InChI=1S/C21H19ClN2O5/c22-17-6-8-18(9-7-17)28-12-13-29-20(26)15-24-19(25)10-11-23(21(24)27)14-16-4-2-1-3-5-16/h1-11H,12-15H2. The lowest BCUT2D eigenvalue weighted by atomic mass is 10.2. The van der Waals surface area contributed by atoms with E-state index in [0.717, 1.165) is 10.1 Å². The van der Waals surface area contributed by atoms with Crippen LogP contribution in [0, 0.1) is 0 Å². The number of benzene rings is 2. The maximum absolute atomic E-state index is 12.6. The lowest BCUT2D eigenvalue weighted by Crippen LogP contribution is -2.41. The van der Waals surface area contributed by atoms with E-state index < -0.39 is 23.8 Å². The van der Waals surface area contributed by atoms with Crippen LogP contribution in [0.1, 0.15) is 5.56 Å². The van der Waals surface area contributed by atoms with Gasteiger partial charge in [0.1, 0.15) is 25.5 Å². The molecule has 3 rings (SSSR count). The van der Waals surface area contributed by atoms with Crippen LogP contribution in [-0.2, 0) is 22.6 Å². The molecule has 0 unspecified atom stereocenters. The number of hydrogen-bond donors (Lipinski definition) is 0. The van der Waals surface area contributed by atoms with Crippen LogP contribution in [0.25, 0.3) is 0 Å². The Morgan fingerprint density at radius 3 is 2.38 bits per heavy atom. The van der Waals surface area contributed by atoms with Crippen LogP contribution in [0.2, 0.25) is 5.02 Å². The third-order valence-electron chi connectivity index (χ3n) is 4.05. The highest BCUT2D eigenvalue weighted by atomic mass is 35.5. The quantitative estimate of drug-likeness (QED) is 0.417. The summed E-state index contributed by atoms with van der Waals surface area (Å²) < 4.78 is 12.7. The minimum atomic E-state index is -0.693. The zero-order valence-electron chi connectivity index (χ0n) is 15.5. The molecule has 0 aliphatic carbocycles. The fourth-order valence-corrected chi connectivity index (χ4v) is 2.75. The molecule has 0 fully saturated rings. The molecule has 0 atom stereocenters. The maximum Gasteiger partial charge on any atom is 0.331 e. The van der Waals surface area contributed by atoms with Gasteiger partial charge in [0, 0.05) is 17.3 Å². The highest BCUT2D eigenvalue weighted by Gasteiger charge is 2.11. The van der Waals surface area contributed by atoms with E-state index in [-0.39, 0.29) is 13.2 Å². The number of aromatic nitrogens is 2. The predicted octanol–water partition coefficient (Wildman–Crippen LogP) is 2.33. The first-order valence-corrected chi connectivity index (χ1v) is 9.29. The maximum atomic E-state index is 12.6. The van der Waals surface area contributed by atoms with Crippen molar-refractivity contribution in [2.75, 3.05) is 13.2 Å². The van der Waals surface area contributed by atoms with E-state index in [1.165, 1.54) is 16.8 Å². The van der Waals surface area contributed by atoms with Crippen LogP contribution < -0.4 is 16.0 Å². The summed E-state index contributed by atoms with van der Waals surface area (Å²) >= 11 is 5.79. The average molecular weight is 415 g/mol. The topological polar surface area (TPSA) is 79.5 Å². The molecular formula is C21H19ClN2O5. The van der Waals surface area contributed by atoms with Gasteiger partial charge in [0.2, 0.25) is 0 Å². The number of esters is 1. The van der Waals surface area contributed by atoms with Crippen molar-refractivity contribution in [3.05, 3.63) is 98.3 Å². The summed E-state index contributed by atoms with van der Waals surface area (Å²) in [7, 11) is 0. The first-order valence-electron chi connectivity index (χ1n) is 8.91. The summed E-state index contributed by atoms with van der Waals surface area (Å²) in [5.41, 5.74) is -0.230. The third kappa shape index (κ3) is 5.83. The molecule has 0 aliphatic rings. The van der Waals surface area contributed by atoms with E-state index in [0.29, 0.717) is 17.3 Å². The van der Waals surface area contributed by atoms with Crippen LogP contribution in [0.4, 0.5) is 0 Å². The molecule has 0 radical (unpaired) electrons. The zero-order valence-corrected chi connectivity index (χ0v) is 16.2. The largest absolute Gasteiger partial charge is 0.490 e. The smallest absolute Gasteiger partial charge is 0.331 e. The van der Waals surface area contributed by atoms with E-state index in [9.17, 15) is 14.4 Å². The number of ether oxygens (including phenoxy) is 2. The van der Waals surface area contributed by atoms with E-state index in [1.807, 2.05) is 30.3 Å². The van der Waals surface area contributed by atoms with E-state index >= 15 is 0 Å². The Morgan fingerprint density at radius 2 is 1.66 bits per heavy atom. The first kappa shape index (κ1) is 20.4. The molecule has 0 spiro atoms. The molecule has 0 bridgehead atoms. The van der Waals surface area contributed by atoms with Crippen LogP contribution in [0.5, 0.6) is 5.75 Å². The Morgan fingerprint density at radius 1 is 0.931 bits per heavy atom. The van der Waals surface area contributed by atoms with Gasteiger partial charge in [-0.25, -0.2) is 9.36 Å². The Labute approximate surface area is 171 Å². The molecule has 8 heteroatoms. The van der Waals surface area contributed by atoms with Gasteiger partial charge in [-0.1, -0.05) is 41.9 Å². The SMILES string of the molecule is O=C(Cn1c(=O)ccn(Cc2ccccc2)c1=O)OCCOc1ccc(Cl)cc1. The summed E-state index contributed by atoms with van der Waals surface area (Å²) in [4.78, 5) is 36.6. The minimum absolute atomic E-state index is 0.0126. The summed E-state index contributed by atoms with van der Waals surface area (Å²) in [5.74, 6) is -0.102. The van der Waals surface area contributed by atoms with Gasteiger partial charge in [-0.2, -0.15) is 0 Å². The second kappa shape index (κ2) is 9.75. The Hall–Kier alpha value is -3.32. The molecule has 0 N–H and O–H groups in total. The van der Waals surface area contributed by atoms with Gasteiger partial charge in [-0.3, -0.25) is 14.2 Å². The second-order valence-electron chi connectivity index (χ2n) is 6.16. The molecule has 0 amide bonds. The molecular weight excluding hydrogens is 396 g/mol. The van der Waals surface area contributed by atoms with Gasteiger partial charge in [0.05, 0.1) is 6.54 Å². The number of carbonyl (C=O) groups is 1. The molecule has 0 saturated heterocycles. The molecule has 1 heterocycles. The molecule has 0 aliphatic heterocycles. The number of hydrogen-bond acceptors (Lipinski definition) is 5. The van der Waals surface area contributed by atoms with E-state index in [4.69, 9.17) is 21.1 Å². The zero-order chi connectivity index (χ0) is 20.6. The van der Waals surface area contributed by atoms with Gasteiger partial charge >= 0.3 is 11.7 Å². The van der Waals surface area contributed by atoms with Gasteiger partial charge < -0.3 is 9.47 Å². The van der Waals surface area contributed by atoms with Crippen molar-refractivity contribution in [2.24, 2.45) is 0 Å². The average Bonchev–Trinajstić information content (AvgIpc) is 2.73. The second-order valence-corrected chi connectivity index (χ2v) is 6.60. The van der Waals surface area contributed by atoms with Crippen molar-refractivity contribution in [2.45, 2.75) is 13.1 Å². The van der Waals surface area contributed by atoms with Crippen LogP contribution in [-0.4, -0.2) is 28.3 Å². The lowest BCUT2D eigenvalue weighted by molar-refractivity contribution is -0.145. The van der Waals surface area contributed by atoms with Gasteiger partial charge in [0.25, 0.3) is 5.56 Å². The van der Waals surface area contributed by atoms with Gasteiger partial charge in [-0.15, -0.1) is 0 Å². The van der Waals surface area contributed by atoms with Crippen LogP contribution in [0.3, 0.4) is 0 Å². The molecule has 150 valence electrons. The first-order chi connectivity index (χ1) is 14.0. The van der Waals surface area contributed by atoms with E-state index in [2.05, 4.69) is 0 Å². The molecule has 29 heavy (non-hydrogen) atoms. The van der Waals surface area contributed by atoms with Crippen molar-refractivity contribution in [1.29, 1.82) is 0 Å². The Balaban J connectivity index is 1.56. The number of nitrogens with zero attached hydrogens (tertiary/aromatic N) is 2. The van der Waals surface area contributed by atoms with Crippen molar-refractivity contribution in [3.8, 4) is 5.75 Å². The molecule has 3 aromatic rings. The molecule has 7 nitrogen and oxygen atoms in total. The molecule has 2 aromatic carbocycles. The van der Waals surface area contributed by atoms with E-state index in [1.54, 1.807) is 24.3 Å². The summed E-state index contributed by atoms with van der Waals surface area (Å²) in [6.07, 6.45) is 1.42. The summed E-state index contributed by atoms with van der Waals surface area (Å²) in [5, 5.41) is 0.593. The fourth-order valence-electron chi connectivity index (χ4n) is 2.62. The highest BCUT2D eigenvalue weighted by Crippen LogP contribution is 2.15. The van der Waals surface area contributed by atoms with Gasteiger partial charge in [-0.05, 0) is 29.8 Å². The van der Waals surface area contributed by atoms with Crippen molar-refractivity contribution < 1.29 is 14.3 Å². The number of carbonyl (C=O) groups excluding carboxylic acids is 1. The number of rotatable bonds is 8. The monoisotopic (exact) mass is 414 g/mol. The highest BCUT2D eigenvalue weighted by molar-refractivity contribution is 6.30. The fraction of sp³-hybridized carbons (Fsp3) is 0.190. The van der Waals surface area contributed by atoms with Crippen molar-refractivity contribution in [1.82, 2.24) is 9.13 Å². The normalized spacial score (nSPS) is 10.5. The third-order valence-corrected chi connectivity index (χ3v) is 4.30. The Kier molecular flexibility index (Phi) is 6.86. The lowest BCUT2D eigenvalue weighted by Gasteiger charge is -2.10. The predicted molar refractivity (Wildman–Crippen MR) is 108 cm³/mol. The molecule has 1 aromatic heterocycles. The van der Waals surface area contributed by atoms with Crippen LogP contribution >= 0.6 is 11.6 Å².